The second-order valence-electron chi connectivity index (χ2n) is 5.81. The molecule has 23 heavy (non-hydrogen) atoms. The van der Waals surface area contributed by atoms with Crippen molar-refractivity contribution >= 4 is 23.6 Å². The van der Waals surface area contributed by atoms with Gasteiger partial charge in [0.25, 0.3) is 0 Å². The number of likely N-dealkylation sites (tertiary alicyclic amines) is 1. The maximum atomic E-state index is 12.2. The summed E-state index contributed by atoms with van der Waals surface area (Å²) in [6.07, 6.45) is 3.24. The van der Waals surface area contributed by atoms with Gasteiger partial charge in [0.2, 0.25) is 0 Å². The van der Waals surface area contributed by atoms with Gasteiger partial charge in [-0.2, -0.15) is 0 Å². The highest BCUT2D eigenvalue weighted by atomic mass is 32.2. The SMILES string of the molecule is O=C(CCCC1CCN(C(=O)O)CC1)c1ccc(SCF)cc1. The second kappa shape index (κ2) is 8.91. The fourth-order valence-electron chi connectivity index (χ4n) is 2.91. The Morgan fingerprint density at radius 2 is 1.87 bits per heavy atom. The van der Waals surface area contributed by atoms with Gasteiger partial charge in [0, 0.05) is 30.0 Å². The molecule has 1 heterocycles. The zero-order chi connectivity index (χ0) is 16.7. The summed E-state index contributed by atoms with van der Waals surface area (Å²) in [5.41, 5.74) is 0.675. The van der Waals surface area contributed by atoms with Crippen LogP contribution in [0.4, 0.5) is 9.18 Å². The fraction of sp³-hybridized carbons (Fsp3) is 0.529. The minimum atomic E-state index is -0.840. The first-order chi connectivity index (χ1) is 11.1. The van der Waals surface area contributed by atoms with Gasteiger partial charge in [-0.3, -0.25) is 4.79 Å². The molecule has 2 rings (SSSR count). The molecule has 1 saturated heterocycles. The molecule has 1 aliphatic heterocycles. The number of nitrogens with zero attached hydrogens (tertiary/aromatic N) is 1. The molecule has 126 valence electrons. The number of amides is 1. The molecule has 6 heteroatoms. The first kappa shape index (κ1) is 17.8. The number of ketones is 1. The number of carboxylic acid groups (broad SMARTS) is 1. The van der Waals surface area contributed by atoms with Gasteiger partial charge >= 0.3 is 6.09 Å². The molecule has 0 aromatic heterocycles. The van der Waals surface area contributed by atoms with E-state index in [1.165, 1.54) is 4.90 Å². The van der Waals surface area contributed by atoms with Gasteiger partial charge in [0.1, 0.15) is 6.01 Å². The molecule has 1 N–H and O–H groups in total. The first-order valence-electron chi connectivity index (χ1n) is 7.90. The van der Waals surface area contributed by atoms with E-state index in [2.05, 4.69) is 0 Å². The molecular weight excluding hydrogens is 317 g/mol. The molecule has 0 atom stereocenters. The normalized spacial score (nSPS) is 15.6. The lowest BCUT2D eigenvalue weighted by Crippen LogP contribution is -2.37. The summed E-state index contributed by atoms with van der Waals surface area (Å²) in [7, 11) is 0. The summed E-state index contributed by atoms with van der Waals surface area (Å²) in [6, 6.07) is 6.60. The van der Waals surface area contributed by atoms with Gasteiger partial charge in [-0.05, 0) is 43.7 Å². The summed E-state index contributed by atoms with van der Waals surface area (Å²) < 4.78 is 12.2. The maximum Gasteiger partial charge on any atom is 0.407 e. The van der Waals surface area contributed by atoms with Gasteiger partial charge < -0.3 is 10.0 Å². The largest absolute Gasteiger partial charge is 0.465 e. The molecule has 0 bridgehead atoms. The predicted octanol–water partition coefficient (Wildman–Crippen LogP) is 4.45. The first-order valence-corrected chi connectivity index (χ1v) is 8.88. The van der Waals surface area contributed by atoms with Crippen molar-refractivity contribution < 1.29 is 19.1 Å². The van der Waals surface area contributed by atoms with Crippen LogP contribution in [0.3, 0.4) is 0 Å². The van der Waals surface area contributed by atoms with Crippen molar-refractivity contribution in [3.63, 3.8) is 0 Å². The summed E-state index contributed by atoms with van der Waals surface area (Å²) in [6.45, 7) is 1.20. The number of halogens is 1. The van der Waals surface area contributed by atoms with E-state index in [0.717, 1.165) is 42.3 Å². The smallest absolute Gasteiger partial charge is 0.407 e. The molecule has 0 unspecified atom stereocenters. The molecular formula is C17H22FNO3S. The topological polar surface area (TPSA) is 57.6 Å². The van der Waals surface area contributed by atoms with Crippen molar-refractivity contribution in [1.29, 1.82) is 0 Å². The van der Waals surface area contributed by atoms with Crippen LogP contribution in [0, 0.1) is 5.92 Å². The highest BCUT2D eigenvalue weighted by Crippen LogP contribution is 2.24. The van der Waals surface area contributed by atoms with E-state index in [-0.39, 0.29) is 5.78 Å². The zero-order valence-electron chi connectivity index (χ0n) is 13.0. The van der Waals surface area contributed by atoms with Crippen molar-refractivity contribution in [1.82, 2.24) is 4.90 Å². The molecule has 0 spiro atoms. The van der Waals surface area contributed by atoms with E-state index >= 15 is 0 Å². The number of benzene rings is 1. The molecule has 4 nitrogen and oxygen atoms in total. The number of Topliss-reactive ketones (excluding diaryl/α,β-unsaturated/α-hetero) is 1. The molecule has 1 aromatic carbocycles. The van der Waals surface area contributed by atoms with E-state index in [1.807, 2.05) is 0 Å². The monoisotopic (exact) mass is 339 g/mol. The van der Waals surface area contributed by atoms with E-state index in [1.54, 1.807) is 24.3 Å². The third-order valence-corrected chi connectivity index (χ3v) is 5.01. The van der Waals surface area contributed by atoms with Crippen molar-refractivity contribution in [3.05, 3.63) is 29.8 Å². The third kappa shape index (κ3) is 5.53. The number of piperidine rings is 1. The summed E-state index contributed by atoms with van der Waals surface area (Å²) >= 11 is 1.11. The van der Waals surface area contributed by atoms with Gasteiger partial charge in [-0.1, -0.05) is 23.9 Å². The molecule has 1 aromatic rings. The average molecular weight is 339 g/mol. The minimum absolute atomic E-state index is 0.116. The number of rotatable bonds is 7. The number of carbonyl (C=O) groups is 2. The van der Waals surface area contributed by atoms with Crippen molar-refractivity contribution in [3.8, 4) is 0 Å². The van der Waals surface area contributed by atoms with Crippen molar-refractivity contribution in [2.45, 2.75) is 37.0 Å². The lowest BCUT2D eigenvalue weighted by molar-refractivity contribution is 0.0974. The minimum Gasteiger partial charge on any atom is -0.465 e. The van der Waals surface area contributed by atoms with Crippen LogP contribution in [0.5, 0.6) is 0 Å². The van der Waals surface area contributed by atoms with Gasteiger partial charge in [0.15, 0.2) is 5.78 Å². The quantitative estimate of drug-likeness (QED) is 0.589. The summed E-state index contributed by atoms with van der Waals surface area (Å²) in [5, 5.41) is 8.91. The Hall–Kier alpha value is -1.56. The van der Waals surface area contributed by atoms with Crippen LogP contribution in [-0.2, 0) is 0 Å². The molecule has 0 aliphatic carbocycles. The number of carbonyl (C=O) groups excluding carboxylic acids is 1. The molecule has 0 radical (unpaired) electrons. The highest BCUT2D eigenvalue weighted by molar-refractivity contribution is 7.99. The molecule has 1 amide bonds. The Kier molecular flexibility index (Phi) is 6.89. The summed E-state index contributed by atoms with van der Waals surface area (Å²) in [4.78, 5) is 25.3. The Morgan fingerprint density at radius 1 is 1.22 bits per heavy atom. The van der Waals surface area contributed by atoms with Gasteiger partial charge in [-0.15, -0.1) is 0 Å². The second-order valence-corrected chi connectivity index (χ2v) is 6.78. The van der Waals surface area contributed by atoms with E-state index in [0.29, 0.717) is 31.0 Å². The van der Waals surface area contributed by atoms with Crippen molar-refractivity contribution in [2.24, 2.45) is 5.92 Å². The van der Waals surface area contributed by atoms with E-state index < -0.39 is 12.1 Å². The third-order valence-electron chi connectivity index (χ3n) is 4.30. The molecule has 1 aliphatic rings. The molecule has 0 saturated carbocycles. The average Bonchev–Trinajstić information content (AvgIpc) is 2.56. The van der Waals surface area contributed by atoms with Gasteiger partial charge in [0.05, 0.1) is 0 Å². The van der Waals surface area contributed by atoms with Crippen LogP contribution >= 0.6 is 11.8 Å². The standard InChI is InChI=1S/C17H22FNO3S/c18-12-23-15-6-4-14(5-7-15)16(20)3-1-2-13-8-10-19(11-9-13)17(21)22/h4-7,13H,1-3,8-12H2,(H,21,22). The highest BCUT2D eigenvalue weighted by Gasteiger charge is 2.22. The van der Waals surface area contributed by atoms with Crippen LogP contribution in [0.1, 0.15) is 42.5 Å². The van der Waals surface area contributed by atoms with E-state index in [9.17, 15) is 14.0 Å². The van der Waals surface area contributed by atoms with Crippen LogP contribution < -0.4 is 0 Å². The fourth-order valence-corrected chi connectivity index (χ4v) is 3.36. The van der Waals surface area contributed by atoms with E-state index in [4.69, 9.17) is 5.11 Å². The number of hydrogen-bond acceptors (Lipinski definition) is 3. The lowest BCUT2D eigenvalue weighted by atomic mass is 9.91. The van der Waals surface area contributed by atoms with Crippen molar-refractivity contribution in [2.75, 3.05) is 19.1 Å². The Labute approximate surface area is 140 Å². The number of thioether (sulfide) groups is 1. The van der Waals surface area contributed by atoms with Gasteiger partial charge in [-0.25, -0.2) is 9.18 Å². The van der Waals surface area contributed by atoms with Crippen LogP contribution in [0.25, 0.3) is 0 Å². The Bertz CT molecular complexity index is 527. The summed E-state index contributed by atoms with van der Waals surface area (Å²) in [5.74, 6) is 0.631. The molecule has 1 fully saturated rings. The van der Waals surface area contributed by atoms with Crippen LogP contribution in [0.2, 0.25) is 0 Å². The Morgan fingerprint density at radius 3 is 2.43 bits per heavy atom. The predicted molar refractivity (Wildman–Crippen MR) is 88.8 cm³/mol. The lowest BCUT2D eigenvalue weighted by Gasteiger charge is -2.29. The number of hydrogen-bond donors (Lipinski definition) is 1. The zero-order valence-corrected chi connectivity index (χ0v) is 13.9. The Balaban J connectivity index is 1.70. The van der Waals surface area contributed by atoms with Crippen LogP contribution in [-0.4, -0.2) is 41.0 Å². The number of alkyl halides is 1. The maximum absolute atomic E-state index is 12.2. The van der Waals surface area contributed by atoms with Crippen LogP contribution in [0.15, 0.2) is 29.2 Å².